The molecule has 2 aromatic carbocycles. The number of fused-ring (bicyclic) bond motifs is 2. The number of rotatable bonds is 10. The van der Waals surface area contributed by atoms with Gasteiger partial charge in [0.1, 0.15) is 24.3 Å². The summed E-state index contributed by atoms with van der Waals surface area (Å²) in [6, 6.07) is 18.3. The van der Waals surface area contributed by atoms with Crippen LogP contribution < -0.4 is 25.0 Å². The molecule has 0 bridgehead atoms. The molecule has 0 spiro atoms. The van der Waals surface area contributed by atoms with Crippen LogP contribution in [0, 0.1) is 5.82 Å². The minimum absolute atomic E-state index is 0.127. The molecule has 0 unspecified atom stereocenters. The van der Waals surface area contributed by atoms with Crippen molar-refractivity contribution in [1.82, 2.24) is 34.6 Å². The zero-order valence-electron chi connectivity index (χ0n) is 31.5. The Balaban J connectivity index is 1.08. The molecule has 4 heterocycles. The molecule has 280 valence electrons. The second kappa shape index (κ2) is 15.1. The van der Waals surface area contributed by atoms with Gasteiger partial charge in [-0.1, -0.05) is 45.0 Å². The van der Waals surface area contributed by atoms with Gasteiger partial charge in [0.2, 0.25) is 5.95 Å². The number of ether oxygens (including phenoxy) is 2. The summed E-state index contributed by atoms with van der Waals surface area (Å²) >= 11 is 0. The standard InChI is InChI=1S/C40H50FN9O3/c1-26-11-9-10-20-48(26)39-45-44-36-19-15-28(25-49(36)39)53-33-18-17-32(29-12-7-8-13-30(29)33)42-38(51)43-37-24-35(40(2,3)4)46-50(37)27-14-16-31(41)34(23-27)52-22-21-47(5)6/h7-8,12-16,19,23-26,32-33H,9-11,17-18,20-22H2,1-6H3,(H2,42,43,51)/t26-,32-,33+/m0/s1. The lowest BCUT2D eigenvalue weighted by Crippen LogP contribution is -2.38. The second-order valence-corrected chi connectivity index (χ2v) is 15.4. The van der Waals surface area contributed by atoms with E-state index in [2.05, 4.69) is 59.5 Å². The number of piperidine rings is 1. The molecule has 0 saturated carbocycles. The number of urea groups is 1. The van der Waals surface area contributed by atoms with Gasteiger partial charge < -0.3 is 24.6 Å². The van der Waals surface area contributed by atoms with E-state index in [9.17, 15) is 9.18 Å². The van der Waals surface area contributed by atoms with Crippen LogP contribution in [0.25, 0.3) is 11.3 Å². The zero-order chi connectivity index (χ0) is 37.3. The van der Waals surface area contributed by atoms with Crippen molar-refractivity contribution in [3.05, 3.63) is 89.5 Å². The summed E-state index contributed by atoms with van der Waals surface area (Å²) in [5.41, 5.74) is 3.88. The summed E-state index contributed by atoms with van der Waals surface area (Å²) in [5, 5.41) is 20.0. The van der Waals surface area contributed by atoms with Crippen molar-refractivity contribution in [3.63, 3.8) is 0 Å². The molecular weight excluding hydrogens is 673 g/mol. The molecule has 5 aromatic rings. The van der Waals surface area contributed by atoms with Crippen LogP contribution in [-0.2, 0) is 5.41 Å². The molecule has 7 rings (SSSR count). The lowest BCUT2D eigenvalue weighted by molar-refractivity contribution is 0.171. The average molecular weight is 724 g/mol. The van der Waals surface area contributed by atoms with E-state index < -0.39 is 5.82 Å². The fraction of sp³-hybridized carbons (Fsp3) is 0.450. The van der Waals surface area contributed by atoms with E-state index >= 15 is 0 Å². The summed E-state index contributed by atoms with van der Waals surface area (Å²) < 4.78 is 30.8. The van der Waals surface area contributed by atoms with Crippen LogP contribution >= 0.6 is 0 Å². The van der Waals surface area contributed by atoms with E-state index in [0.717, 1.165) is 53.6 Å². The maximum atomic E-state index is 14.7. The Bertz CT molecular complexity index is 2070. The molecular formula is C40H50FN9O3. The number of nitrogens with one attached hydrogen (secondary N) is 2. The van der Waals surface area contributed by atoms with Gasteiger partial charge in [0.25, 0.3) is 0 Å². The van der Waals surface area contributed by atoms with Gasteiger partial charge in [0, 0.05) is 36.7 Å². The quantitative estimate of drug-likeness (QED) is 0.153. The molecule has 1 aliphatic heterocycles. The summed E-state index contributed by atoms with van der Waals surface area (Å²) in [6.45, 7) is 10.3. The van der Waals surface area contributed by atoms with Gasteiger partial charge in [-0.3, -0.25) is 9.72 Å². The second-order valence-electron chi connectivity index (χ2n) is 15.4. The molecule has 53 heavy (non-hydrogen) atoms. The number of carbonyl (C=O) groups is 1. The molecule has 3 atom stereocenters. The van der Waals surface area contributed by atoms with Crippen molar-refractivity contribution in [2.45, 2.75) is 83.4 Å². The van der Waals surface area contributed by atoms with Gasteiger partial charge in [-0.15, -0.1) is 10.2 Å². The van der Waals surface area contributed by atoms with Crippen LogP contribution in [0.3, 0.4) is 0 Å². The number of nitrogens with zero attached hydrogens (tertiary/aromatic N) is 7. The van der Waals surface area contributed by atoms with Gasteiger partial charge in [-0.05, 0) is 88.5 Å². The first-order valence-corrected chi connectivity index (χ1v) is 18.6. The van der Waals surface area contributed by atoms with Crippen molar-refractivity contribution in [2.24, 2.45) is 0 Å². The molecule has 1 saturated heterocycles. The summed E-state index contributed by atoms with van der Waals surface area (Å²) in [6.07, 6.45) is 6.69. The van der Waals surface area contributed by atoms with E-state index in [0.29, 0.717) is 43.5 Å². The predicted octanol–water partition coefficient (Wildman–Crippen LogP) is 7.45. The zero-order valence-corrected chi connectivity index (χ0v) is 31.5. The Morgan fingerprint density at radius 3 is 2.58 bits per heavy atom. The average Bonchev–Trinajstić information content (AvgIpc) is 3.75. The number of carbonyl (C=O) groups excluding carboxylic acids is 1. The normalized spacial score (nSPS) is 18.9. The number of benzene rings is 2. The Labute approximate surface area is 310 Å². The number of likely N-dealkylation sites (N-methyl/N-ethyl adjacent to an activating group) is 1. The van der Waals surface area contributed by atoms with Gasteiger partial charge in [0.15, 0.2) is 17.2 Å². The molecule has 12 nitrogen and oxygen atoms in total. The maximum absolute atomic E-state index is 14.7. The van der Waals surface area contributed by atoms with E-state index in [1.165, 1.54) is 12.5 Å². The molecule has 0 radical (unpaired) electrons. The number of hydrogen-bond donors (Lipinski definition) is 2. The number of hydrogen-bond acceptors (Lipinski definition) is 8. The lowest BCUT2D eigenvalue weighted by Gasteiger charge is -2.33. The van der Waals surface area contributed by atoms with Crippen LogP contribution in [0.2, 0.25) is 0 Å². The van der Waals surface area contributed by atoms with Gasteiger partial charge in [-0.25, -0.2) is 13.9 Å². The Morgan fingerprint density at radius 2 is 1.81 bits per heavy atom. The highest BCUT2D eigenvalue weighted by molar-refractivity contribution is 5.89. The molecule has 1 aliphatic carbocycles. The van der Waals surface area contributed by atoms with Crippen molar-refractivity contribution >= 4 is 23.4 Å². The van der Waals surface area contributed by atoms with Crippen molar-refractivity contribution in [1.29, 1.82) is 0 Å². The molecule has 2 aliphatic rings. The Kier molecular flexibility index (Phi) is 10.3. The van der Waals surface area contributed by atoms with E-state index in [1.54, 1.807) is 16.8 Å². The topological polar surface area (TPSA) is 114 Å². The number of halogens is 1. The van der Waals surface area contributed by atoms with Crippen LogP contribution in [0.15, 0.2) is 66.9 Å². The van der Waals surface area contributed by atoms with E-state index in [4.69, 9.17) is 14.6 Å². The molecule has 2 amide bonds. The largest absolute Gasteiger partial charge is 0.489 e. The monoisotopic (exact) mass is 723 g/mol. The molecule has 13 heteroatoms. The van der Waals surface area contributed by atoms with Gasteiger partial charge >= 0.3 is 6.03 Å². The van der Waals surface area contributed by atoms with Gasteiger partial charge in [-0.2, -0.15) is 5.10 Å². The molecule has 2 N–H and O–H groups in total. The molecule has 1 fully saturated rings. The Morgan fingerprint density at radius 1 is 1.00 bits per heavy atom. The Hall–Kier alpha value is -5.17. The smallest absolute Gasteiger partial charge is 0.320 e. The number of aromatic nitrogens is 5. The van der Waals surface area contributed by atoms with Crippen LogP contribution in [0.4, 0.5) is 21.0 Å². The third kappa shape index (κ3) is 7.95. The van der Waals surface area contributed by atoms with Crippen molar-refractivity contribution < 1.29 is 18.7 Å². The van der Waals surface area contributed by atoms with Crippen LogP contribution in [0.5, 0.6) is 11.5 Å². The first-order chi connectivity index (χ1) is 25.4. The number of pyridine rings is 1. The van der Waals surface area contributed by atoms with Crippen molar-refractivity contribution in [3.8, 4) is 17.2 Å². The highest BCUT2D eigenvalue weighted by Crippen LogP contribution is 2.39. The minimum Gasteiger partial charge on any atom is -0.489 e. The molecule has 3 aromatic heterocycles. The third-order valence-corrected chi connectivity index (χ3v) is 10.1. The van der Waals surface area contributed by atoms with Crippen molar-refractivity contribution in [2.75, 3.05) is 44.0 Å². The van der Waals surface area contributed by atoms with E-state index in [1.807, 2.05) is 66.0 Å². The van der Waals surface area contributed by atoms with Crippen LogP contribution in [0.1, 0.15) is 88.8 Å². The lowest BCUT2D eigenvalue weighted by atomic mass is 9.85. The van der Waals surface area contributed by atoms with Gasteiger partial charge in [0.05, 0.1) is 23.6 Å². The predicted molar refractivity (Wildman–Crippen MR) is 204 cm³/mol. The highest BCUT2D eigenvalue weighted by Gasteiger charge is 2.31. The third-order valence-electron chi connectivity index (χ3n) is 10.1. The minimum atomic E-state index is -0.461. The summed E-state index contributed by atoms with van der Waals surface area (Å²) in [4.78, 5) is 18.0. The summed E-state index contributed by atoms with van der Waals surface area (Å²) in [5.74, 6) is 1.72. The van der Waals surface area contributed by atoms with Crippen LogP contribution in [-0.4, -0.2) is 75.1 Å². The first-order valence-electron chi connectivity index (χ1n) is 18.6. The first kappa shape index (κ1) is 36.2. The van der Waals surface area contributed by atoms with E-state index in [-0.39, 0.29) is 29.3 Å². The highest BCUT2D eigenvalue weighted by atomic mass is 19.1. The fourth-order valence-electron chi connectivity index (χ4n) is 7.12. The fourth-order valence-corrected chi connectivity index (χ4v) is 7.12. The maximum Gasteiger partial charge on any atom is 0.320 e. The SMILES string of the molecule is C[C@H]1CCCCN1c1nnc2ccc(O[C@@H]3CC[C@H](NC(=O)Nc4cc(C(C)(C)C)nn4-c4ccc(F)c(OCCN(C)C)c4)c4ccccc43)cn12. The number of amides is 2. The number of anilines is 2. The summed E-state index contributed by atoms with van der Waals surface area (Å²) in [7, 11) is 3.86.